The lowest BCUT2D eigenvalue weighted by Gasteiger charge is -2.26. The van der Waals surface area contributed by atoms with Crippen LogP contribution in [0.3, 0.4) is 0 Å². The first-order chi connectivity index (χ1) is 12.0. The van der Waals surface area contributed by atoms with Crippen molar-refractivity contribution in [2.45, 2.75) is 19.8 Å². The summed E-state index contributed by atoms with van der Waals surface area (Å²) >= 11 is 0. The Morgan fingerprint density at radius 2 is 2.12 bits per heavy atom. The first-order valence-corrected chi connectivity index (χ1v) is 8.37. The molecule has 5 heteroatoms. The van der Waals surface area contributed by atoms with Crippen LogP contribution in [0.5, 0.6) is 0 Å². The van der Waals surface area contributed by atoms with E-state index in [1.165, 1.54) is 0 Å². The summed E-state index contributed by atoms with van der Waals surface area (Å²) in [5.41, 5.74) is 4.87. The minimum atomic E-state index is -0.885. The number of nitrogens with zero attached hydrogens (tertiary/aromatic N) is 3. The molecular formula is C20H19N3O2. The van der Waals surface area contributed by atoms with E-state index in [4.69, 9.17) is 4.98 Å². The highest BCUT2D eigenvalue weighted by atomic mass is 16.4. The number of aromatic carboxylic acids is 1. The van der Waals surface area contributed by atoms with Crippen LogP contribution in [-0.4, -0.2) is 25.8 Å². The third kappa shape index (κ3) is 2.71. The lowest BCUT2D eigenvalue weighted by atomic mass is 9.80. The number of rotatable bonds is 2. The standard InChI is InChI=1S/C20H19N3O2/c1-12-7-14(9-13-10-21-23(2)11-13)19-16(8-12)18(20(24)25)15-5-3-4-6-17(15)22-19/h3-6,9-12H,7-8H2,1-2H3,(H,24,25). The van der Waals surface area contributed by atoms with Crippen molar-refractivity contribution in [3.8, 4) is 0 Å². The van der Waals surface area contributed by atoms with E-state index >= 15 is 0 Å². The van der Waals surface area contributed by atoms with Crippen LogP contribution in [0.4, 0.5) is 0 Å². The smallest absolute Gasteiger partial charge is 0.336 e. The summed E-state index contributed by atoms with van der Waals surface area (Å²) in [6, 6.07) is 7.47. The molecule has 0 aliphatic heterocycles. The van der Waals surface area contributed by atoms with Gasteiger partial charge >= 0.3 is 5.97 Å². The monoisotopic (exact) mass is 333 g/mol. The second kappa shape index (κ2) is 5.84. The van der Waals surface area contributed by atoms with Gasteiger partial charge in [0.2, 0.25) is 0 Å². The zero-order chi connectivity index (χ0) is 17.6. The number of allylic oxidation sites excluding steroid dienone is 1. The Kier molecular flexibility index (Phi) is 3.64. The average Bonchev–Trinajstić information content (AvgIpc) is 2.97. The van der Waals surface area contributed by atoms with Crippen LogP contribution >= 0.6 is 0 Å². The van der Waals surface area contributed by atoms with E-state index in [2.05, 4.69) is 18.1 Å². The van der Waals surface area contributed by atoms with Crippen molar-refractivity contribution in [2.75, 3.05) is 0 Å². The molecule has 2 heterocycles. The van der Waals surface area contributed by atoms with Gasteiger partial charge in [0, 0.05) is 24.2 Å². The van der Waals surface area contributed by atoms with Crippen LogP contribution < -0.4 is 0 Å². The molecule has 1 N–H and O–H groups in total. The summed E-state index contributed by atoms with van der Waals surface area (Å²) in [6.07, 6.45) is 7.45. The van der Waals surface area contributed by atoms with Crippen molar-refractivity contribution >= 4 is 28.5 Å². The molecule has 1 aliphatic rings. The lowest BCUT2D eigenvalue weighted by Crippen LogP contribution is -2.17. The fourth-order valence-corrected chi connectivity index (χ4v) is 3.70. The first-order valence-electron chi connectivity index (χ1n) is 8.37. The third-order valence-electron chi connectivity index (χ3n) is 4.70. The van der Waals surface area contributed by atoms with Crippen LogP contribution in [-0.2, 0) is 13.5 Å². The zero-order valence-electron chi connectivity index (χ0n) is 14.2. The number of pyridine rings is 1. The van der Waals surface area contributed by atoms with Crippen LogP contribution in [0.1, 0.15) is 40.5 Å². The maximum Gasteiger partial charge on any atom is 0.336 e. The number of carboxylic acids is 1. The van der Waals surface area contributed by atoms with Crippen LogP contribution in [0, 0.1) is 5.92 Å². The van der Waals surface area contributed by atoms with E-state index in [1.807, 2.05) is 43.7 Å². The summed E-state index contributed by atoms with van der Waals surface area (Å²) in [6.45, 7) is 2.15. The minimum Gasteiger partial charge on any atom is -0.478 e. The lowest BCUT2D eigenvalue weighted by molar-refractivity contribution is 0.0697. The number of benzene rings is 1. The quantitative estimate of drug-likeness (QED) is 0.775. The number of hydrogen-bond donors (Lipinski definition) is 1. The highest BCUT2D eigenvalue weighted by Crippen LogP contribution is 2.38. The topological polar surface area (TPSA) is 68.0 Å². The highest BCUT2D eigenvalue weighted by molar-refractivity contribution is 6.05. The summed E-state index contributed by atoms with van der Waals surface area (Å²) < 4.78 is 1.76. The molecule has 0 saturated carbocycles. The van der Waals surface area contributed by atoms with Gasteiger partial charge in [-0.1, -0.05) is 25.1 Å². The molecule has 0 bridgehead atoms. The second-order valence-electron chi connectivity index (χ2n) is 6.77. The van der Waals surface area contributed by atoms with Gasteiger partial charge in [-0.2, -0.15) is 5.10 Å². The molecule has 1 aromatic carbocycles. The second-order valence-corrected chi connectivity index (χ2v) is 6.77. The molecule has 0 radical (unpaired) electrons. The molecule has 25 heavy (non-hydrogen) atoms. The van der Waals surface area contributed by atoms with E-state index < -0.39 is 5.97 Å². The van der Waals surface area contributed by atoms with E-state index in [9.17, 15) is 9.90 Å². The molecule has 126 valence electrons. The van der Waals surface area contributed by atoms with Gasteiger partial charge in [0.25, 0.3) is 0 Å². The maximum atomic E-state index is 12.0. The van der Waals surface area contributed by atoms with Gasteiger partial charge in [-0.25, -0.2) is 9.78 Å². The summed E-state index contributed by atoms with van der Waals surface area (Å²) in [5, 5.41) is 14.8. The molecule has 0 fully saturated rings. The van der Waals surface area contributed by atoms with Crippen LogP contribution in [0.2, 0.25) is 0 Å². The fourth-order valence-electron chi connectivity index (χ4n) is 3.70. The van der Waals surface area contributed by atoms with Crippen LogP contribution in [0.15, 0.2) is 36.7 Å². The predicted octanol–water partition coefficient (Wildman–Crippen LogP) is 3.79. The van der Waals surface area contributed by atoms with Crippen LogP contribution in [0.25, 0.3) is 22.6 Å². The van der Waals surface area contributed by atoms with Gasteiger partial charge in [-0.15, -0.1) is 0 Å². The Labute approximate surface area is 145 Å². The Balaban J connectivity index is 2.00. The molecule has 0 spiro atoms. The van der Waals surface area contributed by atoms with Gasteiger partial charge in [-0.3, -0.25) is 4.68 Å². The summed E-state index contributed by atoms with van der Waals surface area (Å²) in [4.78, 5) is 16.8. The SMILES string of the molecule is CC1CC(=Cc2cnn(C)c2)c2nc3ccccc3c(C(=O)O)c2C1. The maximum absolute atomic E-state index is 12.0. The minimum absolute atomic E-state index is 0.372. The van der Waals surface area contributed by atoms with E-state index in [0.29, 0.717) is 16.9 Å². The molecule has 0 saturated heterocycles. The molecule has 1 aliphatic carbocycles. The normalized spacial score (nSPS) is 18.5. The molecule has 4 rings (SSSR count). The number of para-hydroxylation sites is 1. The summed E-state index contributed by atoms with van der Waals surface area (Å²) in [5.74, 6) is -0.513. The van der Waals surface area contributed by atoms with Gasteiger partial charge in [0.1, 0.15) is 0 Å². The molecule has 0 amide bonds. The van der Waals surface area contributed by atoms with Gasteiger partial charge in [0.05, 0.1) is 23.0 Å². The number of aryl methyl sites for hydroxylation is 1. The Bertz CT molecular complexity index is 1020. The van der Waals surface area contributed by atoms with Crippen molar-refractivity contribution in [1.29, 1.82) is 0 Å². The first kappa shape index (κ1) is 15.6. The van der Waals surface area contributed by atoms with E-state index in [1.54, 1.807) is 4.68 Å². The number of carbonyl (C=O) groups is 1. The van der Waals surface area contributed by atoms with Crippen molar-refractivity contribution in [3.05, 3.63) is 59.0 Å². The van der Waals surface area contributed by atoms with E-state index in [-0.39, 0.29) is 0 Å². The molecule has 5 nitrogen and oxygen atoms in total. The Morgan fingerprint density at radius 1 is 1.32 bits per heavy atom. The third-order valence-corrected chi connectivity index (χ3v) is 4.70. The molecule has 1 unspecified atom stereocenters. The molecular weight excluding hydrogens is 314 g/mol. The van der Waals surface area contributed by atoms with E-state index in [0.717, 1.165) is 40.8 Å². The average molecular weight is 333 g/mol. The fraction of sp³-hybridized carbons (Fsp3) is 0.250. The van der Waals surface area contributed by atoms with Crippen molar-refractivity contribution < 1.29 is 9.90 Å². The van der Waals surface area contributed by atoms with Crippen molar-refractivity contribution in [3.63, 3.8) is 0 Å². The highest BCUT2D eigenvalue weighted by Gasteiger charge is 2.27. The van der Waals surface area contributed by atoms with Gasteiger partial charge in [-0.05, 0) is 42.0 Å². The Morgan fingerprint density at radius 3 is 2.84 bits per heavy atom. The molecule has 1 atom stereocenters. The molecule has 2 aromatic heterocycles. The largest absolute Gasteiger partial charge is 0.478 e. The van der Waals surface area contributed by atoms with Gasteiger partial charge in [0.15, 0.2) is 0 Å². The number of aromatic nitrogens is 3. The van der Waals surface area contributed by atoms with Crippen molar-refractivity contribution in [2.24, 2.45) is 13.0 Å². The Hall–Kier alpha value is -2.95. The van der Waals surface area contributed by atoms with Crippen molar-refractivity contribution in [1.82, 2.24) is 14.8 Å². The van der Waals surface area contributed by atoms with Gasteiger partial charge < -0.3 is 5.11 Å². The number of carboxylic acid groups (broad SMARTS) is 1. The zero-order valence-corrected chi connectivity index (χ0v) is 14.2. The molecule has 3 aromatic rings. The predicted molar refractivity (Wildman–Crippen MR) is 97.3 cm³/mol. The number of fused-ring (bicyclic) bond motifs is 2. The summed E-state index contributed by atoms with van der Waals surface area (Å²) in [7, 11) is 1.88. The number of hydrogen-bond acceptors (Lipinski definition) is 3.